The third-order valence-electron chi connectivity index (χ3n) is 5.58. The van der Waals surface area contributed by atoms with Gasteiger partial charge in [-0.1, -0.05) is 30.3 Å². The number of fused-ring (bicyclic) bond motifs is 1. The fourth-order valence-corrected chi connectivity index (χ4v) is 4.06. The first-order valence-electron chi connectivity index (χ1n) is 9.67. The molecule has 2 aromatic heterocycles. The summed E-state index contributed by atoms with van der Waals surface area (Å²) in [6.45, 7) is 1.82. The Labute approximate surface area is 162 Å². The number of hydrogen-bond donors (Lipinski definition) is 2. The van der Waals surface area contributed by atoms with Crippen LogP contribution < -0.4 is 16.1 Å². The van der Waals surface area contributed by atoms with Crippen LogP contribution in [0.25, 0.3) is 11.2 Å². The molecule has 1 fully saturated rings. The van der Waals surface area contributed by atoms with Crippen LogP contribution in [0.1, 0.15) is 18.4 Å². The summed E-state index contributed by atoms with van der Waals surface area (Å²) in [7, 11) is 1.59. The van der Waals surface area contributed by atoms with E-state index in [1.807, 2.05) is 6.07 Å². The molecule has 0 amide bonds. The zero-order valence-corrected chi connectivity index (χ0v) is 16.0. The number of aromatic amines is 1. The molecule has 148 valence electrons. The van der Waals surface area contributed by atoms with Crippen LogP contribution >= 0.6 is 0 Å². The maximum absolute atomic E-state index is 12.4. The second kappa shape index (κ2) is 7.63. The van der Waals surface area contributed by atoms with Crippen LogP contribution in [0.3, 0.4) is 0 Å². The highest BCUT2D eigenvalue weighted by Gasteiger charge is 2.25. The largest absolute Gasteiger partial charge is 0.395 e. The van der Waals surface area contributed by atoms with Gasteiger partial charge in [0.2, 0.25) is 5.95 Å². The molecular weight excluding hydrogens is 358 g/mol. The molecule has 0 atom stereocenters. The summed E-state index contributed by atoms with van der Waals surface area (Å²) in [5, 5.41) is 9.49. The number of rotatable bonds is 5. The molecule has 8 nitrogen and oxygen atoms in total. The Hall–Kier alpha value is -2.87. The molecule has 8 heteroatoms. The molecule has 0 unspecified atom stereocenters. The Morgan fingerprint density at radius 2 is 1.89 bits per heavy atom. The van der Waals surface area contributed by atoms with E-state index in [-0.39, 0.29) is 13.2 Å². The number of H-pyrrole nitrogens is 1. The summed E-state index contributed by atoms with van der Waals surface area (Å²) in [4.78, 5) is 33.4. The number of imidazole rings is 1. The van der Waals surface area contributed by atoms with E-state index in [0.29, 0.717) is 23.0 Å². The third-order valence-corrected chi connectivity index (χ3v) is 5.58. The van der Waals surface area contributed by atoms with Gasteiger partial charge >= 0.3 is 5.69 Å². The number of benzene rings is 1. The van der Waals surface area contributed by atoms with Crippen LogP contribution in [0.5, 0.6) is 0 Å². The molecule has 3 heterocycles. The van der Waals surface area contributed by atoms with E-state index in [2.05, 4.69) is 39.1 Å². The molecule has 1 aliphatic rings. The van der Waals surface area contributed by atoms with E-state index in [9.17, 15) is 14.7 Å². The lowest BCUT2D eigenvalue weighted by atomic mass is 9.90. The van der Waals surface area contributed by atoms with Gasteiger partial charge in [-0.25, -0.2) is 4.79 Å². The van der Waals surface area contributed by atoms with Crippen molar-refractivity contribution in [1.82, 2.24) is 19.1 Å². The van der Waals surface area contributed by atoms with Crippen molar-refractivity contribution in [3.8, 4) is 0 Å². The van der Waals surface area contributed by atoms with Crippen molar-refractivity contribution in [3.05, 3.63) is 56.7 Å². The standard InChI is InChI=1S/C20H25N5O3/c1-23-17-16(18(27)22-20(23)28)25(11-12-26)19(21-17)24-9-7-15(8-10-24)13-14-5-3-2-4-6-14/h2-6,15,26H,7-13H2,1H3,(H,22,27,28). The van der Waals surface area contributed by atoms with Crippen LogP contribution in [-0.4, -0.2) is 43.9 Å². The number of nitrogens with one attached hydrogen (secondary N) is 1. The summed E-state index contributed by atoms with van der Waals surface area (Å²) in [5.41, 5.74) is 1.08. The highest BCUT2D eigenvalue weighted by Crippen LogP contribution is 2.27. The van der Waals surface area contributed by atoms with Crippen molar-refractivity contribution >= 4 is 17.1 Å². The van der Waals surface area contributed by atoms with Crippen LogP contribution in [0, 0.1) is 5.92 Å². The Morgan fingerprint density at radius 1 is 1.18 bits per heavy atom. The molecule has 0 aliphatic carbocycles. The summed E-state index contributed by atoms with van der Waals surface area (Å²) in [6.07, 6.45) is 3.13. The van der Waals surface area contributed by atoms with Crippen molar-refractivity contribution in [2.75, 3.05) is 24.6 Å². The fourth-order valence-electron chi connectivity index (χ4n) is 4.06. The topological polar surface area (TPSA) is 96.1 Å². The van der Waals surface area contributed by atoms with Gasteiger partial charge in [-0.3, -0.25) is 14.3 Å². The SMILES string of the molecule is Cn1c(=O)[nH]c(=O)c2c1nc(N1CCC(Cc3ccccc3)CC1)n2CCO. The van der Waals surface area contributed by atoms with Gasteiger partial charge in [0, 0.05) is 26.7 Å². The van der Waals surface area contributed by atoms with Gasteiger partial charge in [-0.2, -0.15) is 4.98 Å². The van der Waals surface area contributed by atoms with Gasteiger partial charge < -0.3 is 14.6 Å². The minimum Gasteiger partial charge on any atom is -0.395 e. The molecule has 1 aromatic carbocycles. The predicted molar refractivity (Wildman–Crippen MR) is 108 cm³/mol. The molecule has 0 radical (unpaired) electrons. The summed E-state index contributed by atoms with van der Waals surface area (Å²) >= 11 is 0. The van der Waals surface area contributed by atoms with Gasteiger partial charge in [0.05, 0.1) is 6.61 Å². The van der Waals surface area contributed by atoms with Gasteiger partial charge in [0.15, 0.2) is 11.2 Å². The van der Waals surface area contributed by atoms with E-state index in [1.54, 1.807) is 11.6 Å². The van der Waals surface area contributed by atoms with E-state index in [4.69, 9.17) is 0 Å². The molecule has 3 aromatic rings. The van der Waals surface area contributed by atoms with E-state index < -0.39 is 11.2 Å². The van der Waals surface area contributed by atoms with Gasteiger partial charge in [-0.05, 0) is 30.7 Å². The number of nitrogens with zero attached hydrogens (tertiary/aromatic N) is 4. The minimum atomic E-state index is -0.487. The van der Waals surface area contributed by atoms with Crippen LogP contribution in [0.15, 0.2) is 39.9 Å². The maximum Gasteiger partial charge on any atom is 0.329 e. The first-order chi connectivity index (χ1) is 13.6. The zero-order valence-electron chi connectivity index (χ0n) is 16.0. The normalized spacial score (nSPS) is 15.4. The fraction of sp³-hybridized carbons (Fsp3) is 0.450. The molecule has 0 bridgehead atoms. The first-order valence-corrected chi connectivity index (χ1v) is 9.67. The quantitative estimate of drug-likeness (QED) is 0.682. The predicted octanol–water partition coefficient (Wildman–Crippen LogP) is 0.875. The molecule has 28 heavy (non-hydrogen) atoms. The number of anilines is 1. The molecule has 0 saturated carbocycles. The molecule has 2 N–H and O–H groups in total. The zero-order chi connectivity index (χ0) is 19.7. The Balaban J connectivity index is 1.60. The van der Waals surface area contributed by atoms with E-state index >= 15 is 0 Å². The van der Waals surface area contributed by atoms with Crippen LogP contribution in [0.2, 0.25) is 0 Å². The summed E-state index contributed by atoms with van der Waals surface area (Å²) in [6, 6.07) is 10.5. The molecule has 4 rings (SSSR count). The lowest BCUT2D eigenvalue weighted by molar-refractivity contribution is 0.277. The van der Waals surface area contributed by atoms with Crippen molar-refractivity contribution in [2.45, 2.75) is 25.8 Å². The van der Waals surface area contributed by atoms with Crippen molar-refractivity contribution in [2.24, 2.45) is 13.0 Å². The van der Waals surface area contributed by atoms with Crippen molar-refractivity contribution in [1.29, 1.82) is 0 Å². The first kappa shape index (κ1) is 18.5. The average molecular weight is 383 g/mol. The van der Waals surface area contributed by atoms with E-state index in [1.165, 1.54) is 10.1 Å². The highest BCUT2D eigenvalue weighted by atomic mass is 16.3. The Kier molecular flexibility index (Phi) is 5.04. The van der Waals surface area contributed by atoms with Gasteiger partial charge in [-0.15, -0.1) is 0 Å². The smallest absolute Gasteiger partial charge is 0.329 e. The Bertz CT molecular complexity index is 1070. The van der Waals surface area contributed by atoms with Gasteiger partial charge in [0.25, 0.3) is 5.56 Å². The monoisotopic (exact) mass is 383 g/mol. The van der Waals surface area contributed by atoms with Gasteiger partial charge in [0.1, 0.15) is 0 Å². The number of aliphatic hydroxyl groups excluding tert-OH is 1. The second-order valence-electron chi connectivity index (χ2n) is 7.40. The Morgan fingerprint density at radius 3 is 2.57 bits per heavy atom. The molecule has 1 saturated heterocycles. The van der Waals surface area contributed by atoms with E-state index in [0.717, 1.165) is 32.4 Å². The number of hydrogen-bond acceptors (Lipinski definition) is 5. The average Bonchev–Trinajstić information content (AvgIpc) is 3.08. The minimum absolute atomic E-state index is 0.106. The second-order valence-corrected chi connectivity index (χ2v) is 7.40. The van der Waals surface area contributed by atoms with Crippen molar-refractivity contribution < 1.29 is 5.11 Å². The number of aryl methyl sites for hydroxylation is 1. The maximum atomic E-state index is 12.4. The number of aliphatic hydroxyl groups is 1. The van der Waals surface area contributed by atoms with Crippen LogP contribution in [-0.2, 0) is 20.0 Å². The molecule has 0 spiro atoms. The summed E-state index contributed by atoms with van der Waals surface area (Å²) < 4.78 is 3.07. The number of piperidine rings is 1. The van der Waals surface area contributed by atoms with Crippen LogP contribution in [0.4, 0.5) is 5.95 Å². The highest BCUT2D eigenvalue weighted by molar-refractivity contribution is 5.74. The lowest BCUT2D eigenvalue weighted by Gasteiger charge is -2.33. The third kappa shape index (κ3) is 3.35. The van der Waals surface area contributed by atoms with Crippen molar-refractivity contribution in [3.63, 3.8) is 0 Å². The molecular formula is C20H25N5O3. The number of aromatic nitrogens is 4. The summed E-state index contributed by atoms with van der Waals surface area (Å²) in [5.74, 6) is 1.26. The molecule has 1 aliphatic heterocycles. The lowest BCUT2D eigenvalue weighted by Crippen LogP contribution is -2.36.